The Kier molecular flexibility index (Phi) is 10.5. The van der Waals surface area contributed by atoms with Crippen LogP contribution in [0.3, 0.4) is 0 Å². The SMILES string of the molecule is CN(C)C(=O)CN=C(NCC1CCCCC1)NCC1(C)CCCS1.I. The largest absolute Gasteiger partial charge is 0.356 e. The van der Waals surface area contributed by atoms with Gasteiger partial charge in [0.2, 0.25) is 5.91 Å². The maximum atomic E-state index is 11.8. The first-order valence-corrected chi connectivity index (χ1v) is 10.3. The van der Waals surface area contributed by atoms with Crippen LogP contribution in [-0.2, 0) is 4.79 Å². The van der Waals surface area contributed by atoms with Gasteiger partial charge in [-0.15, -0.1) is 24.0 Å². The Balaban J connectivity index is 0.00000312. The minimum Gasteiger partial charge on any atom is -0.356 e. The summed E-state index contributed by atoms with van der Waals surface area (Å²) in [5.74, 6) is 2.82. The summed E-state index contributed by atoms with van der Waals surface area (Å²) >= 11 is 2.04. The molecule has 1 aliphatic heterocycles. The highest BCUT2D eigenvalue weighted by molar-refractivity contribution is 14.0. The number of rotatable bonds is 6. The van der Waals surface area contributed by atoms with E-state index in [1.807, 2.05) is 11.8 Å². The summed E-state index contributed by atoms with van der Waals surface area (Å²) in [6, 6.07) is 0. The molecule has 2 N–H and O–H groups in total. The van der Waals surface area contributed by atoms with Crippen LogP contribution in [-0.4, -0.2) is 61.0 Å². The topological polar surface area (TPSA) is 56.7 Å². The lowest BCUT2D eigenvalue weighted by atomic mass is 9.89. The van der Waals surface area contributed by atoms with Crippen molar-refractivity contribution >= 4 is 47.6 Å². The molecule has 1 atom stereocenters. The second-order valence-electron chi connectivity index (χ2n) is 7.59. The van der Waals surface area contributed by atoms with Crippen molar-refractivity contribution in [2.45, 2.75) is 56.6 Å². The van der Waals surface area contributed by atoms with Crippen molar-refractivity contribution in [2.75, 3.05) is 39.5 Å². The van der Waals surface area contributed by atoms with Crippen LogP contribution in [0.5, 0.6) is 0 Å². The number of hydrogen-bond donors (Lipinski definition) is 2. The fraction of sp³-hybridized carbons (Fsp3) is 0.889. The van der Waals surface area contributed by atoms with Gasteiger partial charge < -0.3 is 15.5 Å². The molecule has 2 aliphatic rings. The molecule has 1 amide bonds. The first-order chi connectivity index (χ1) is 11.5. The molecule has 0 aromatic heterocycles. The molecule has 25 heavy (non-hydrogen) atoms. The van der Waals surface area contributed by atoms with Gasteiger partial charge in [0.25, 0.3) is 0 Å². The molecule has 146 valence electrons. The maximum absolute atomic E-state index is 11.8. The van der Waals surface area contributed by atoms with Gasteiger partial charge in [-0.3, -0.25) is 4.79 Å². The third kappa shape index (κ3) is 8.37. The van der Waals surface area contributed by atoms with Crippen LogP contribution in [0.25, 0.3) is 0 Å². The summed E-state index contributed by atoms with van der Waals surface area (Å²) in [7, 11) is 3.55. The van der Waals surface area contributed by atoms with Crippen molar-refractivity contribution < 1.29 is 4.79 Å². The van der Waals surface area contributed by atoms with Crippen LogP contribution in [0.15, 0.2) is 4.99 Å². The molecule has 1 unspecified atom stereocenters. The number of hydrogen-bond acceptors (Lipinski definition) is 3. The fourth-order valence-electron chi connectivity index (χ4n) is 3.34. The van der Waals surface area contributed by atoms with E-state index < -0.39 is 0 Å². The molecule has 0 radical (unpaired) electrons. The number of thioether (sulfide) groups is 1. The zero-order valence-electron chi connectivity index (χ0n) is 16.0. The summed E-state index contributed by atoms with van der Waals surface area (Å²) in [4.78, 5) is 17.9. The highest BCUT2D eigenvalue weighted by atomic mass is 127. The third-order valence-electron chi connectivity index (χ3n) is 5.08. The van der Waals surface area contributed by atoms with Crippen LogP contribution in [0, 0.1) is 5.92 Å². The van der Waals surface area contributed by atoms with Crippen molar-refractivity contribution in [3.05, 3.63) is 0 Å². The van der Waals surface area contributed by atoms with E-state index in [0.717, 1.165) is 25.0 Å². The van der Waals surface area contributed by atoms with E-state index >= 15 is 0 Å². The number of nitrogens with one attached hydrogen (secondary N) is 2. The first-order valence-electron chi connectivity index (χ1n) is 9.35. The molecule has 0 aromatic rings. The van der Waals surface area contributed by atoms with Gasteiger partial charge in [-0.2, -0.15) is 11.8 Å². The molecule has 2 fully saturated rings. The molecule has 1 aliphatic carbocycles. The van der Waals surface area contributed by atoms with Crippen LogP contribution in [0.2, 0.25) is 0 Å². The van der Waals surface area contributed by atoms with E-state index in [1.165, 1.54) is 50.7 Å². The minimum absolute atomic E-state index is 0. The van der Waals surface area contributed by atoms with Crippen LogP contribution >= 0.6 is 35.7 Å². The van der Waals surface area contributed by atoms with Crippen molar-refractivity contribution in [2.24, 2.45) is 10.9 Å². The molecule has 2 rings (SSSR count). The second-order valence-corrected chi connectivity index (χ2v) is 9.28. The molecule has 7 heteroatoms. The lowest BCUT2D eigenvalue weighted by molar-refractivity contribution is -0.127. The Labute approximate surface area is 174 Å². The molecular formula is C18H35IN4OS. The molecular weight excluding hydrogens is 447 g/mol. The van der Waals surface area contributed by atoms with Crippen molar-refractivity contribution in [3.63, 3.8) is 0 Å². The number of carbonyl (C=O) groups excluding carboxylic acids is 1. The predicted molar refractivity (Wildman–Crippen MR) is 119 cm³/mol. The Bertz CT molecular complexity index is 433. The van der Waals surface area contributed by atoms with Gasteiger partial charge in [0.1, 0.15) is 6.54 Å². The standard InChI is InChI=1S/C18H34N4OS.HI/c1-18(10-7-11-24-18)14-21-17(20-13-16(23)22(2)3)19-12-15-8-5-4-6-9-15;/h15H,4-14H2,1-3H3,(H2,19,20,21);1H. The Morgan fingerprint density at radius 2 is 1.92 bits per heavy atom. The monoisotopic (exact) mass is 482 g/mol. The number of nitrogens with zero attached hydrogens (tertiary/aromatic N) is 2. The normalized spacial score (nSPS) is 24.5. The Hall–Kier alpha value is -0.180. The summed E-state index contributed by atoms with van der Waals surface area (Å²) in [6.07, 6.45) is 9.23. The van der Waals surface area contributed by atoms with E-state index in [4.69, 9.17) is 0 Å². The van der Waals surface area contributed by atoms with Gasteiger partial charge in [0, 0.05) is 31.9 Å². The van der Waals surface area contributed by atoms with Crippen molar-refractivity contribution in [3.8, 4) is 0 Å². The van der Waals surface area contributed by atoms with Crippen molar-refractivity contribution in [1.29, 1.82) is 0 Å². The molecule has 1 saturated heterocycles. The summed E-state index contributed by atoms with van der Waals surface area (Å²) < 4.78 is 0.291. The van der Waals surface area contributed by atoms with Gasteiger partial charge in [0.05, 0.1) is 0 Å². The van der Waals surface area contributed by atoms with E-state index in [-0.39, 0.29) is 36.4 Å². The van der Waals surface area contributed by atoms with E-state index in [2.05, 4.69) is 22.5 Å². The number of carbonyl (C=O) groups is 1. The van der Waals surface area contributed by atoms with E-state index in [1.54, 1.807) is 19.0 Å². The highest BCUT2D eigenvalue weighted by Gasteiger charge is 2.29. The quantitative estimate of drug-likeness (QED) is 0.347. The summed E-state index contributed by atoms with van der Waals surface area (Å²) in [5, 5.41) is 6.97. The molecule has 5 nitrogen and oxygen atoms in total. The van der Waals surface area contributed by atoms with Crippen LogP contribution in [0.4, 0.5) is 0 Å². The molecule has 0 aromatic carbocycles. The number of guanidine groups is 1. The second kappa shape index (κ2) is 11.5. The smallest absolute Gasteiger partial charge is 0.243 e. The Morgan fingerprint density at radius 3 is 2.52 bits per heavy atom. The fourth-order valence-corrected chi connectivity index (χ4v) is 4.59. The average Bonchev–Trinajstić information content (AvgIpc) is 3.01. The summed E-state index contributed by atoms with van der Waals surface area (Å²) in [6.45, 7) is 4.40. The zero-order valence-corrected chi connectivity index (χ0v) is 19.1. The number of halogens is 1. The van der Waals surface area contributed by atoms with Crippen LogP contribution in [0.1, 0.15) is 51.9 Å². The maximum Gasteiger partial charge on any atom is 0.243 e. The number of likely N-dealkylation sites (N-methyl/N-ethyl adjacent to an activating group) is 1. The highest BCUT2D eigenvalue weighted by Crippen LogP contribution is 2.36. The van der Waals surface area contributed by atoms with E-state index in [9.17, 15) is 4.79 Å². The van der Waals surface area contributed by atoms with Gasteiger partial charge in [-0.25, -0.2) is 4.99 Å². The first kappa shape index (κ1) is 22.9. The summed E-state index contributed by atoms with van der Waals surface area (Å²) in [5.41, 5.74) is 0. The minimum atomic E-state index is 0. The number of aliphatic imine (C=N–C) groups is 1. The van der Waals surface area contributed by atoms with Gasteiger partial charge in [-0.05, 0) is 44.3 Å². The molecule has 0 bridgehead atoms. The van der Waals surface area contributed by atoms with Crippen molar-refractivity contribution in [1.82, 2.24) is 15.5 Å². The van der Waals surface area contributed by atoms with Crippen LogP contribution < -0.4 is 10.6 Å². The zero-order chi connectivity index (χ0) is 17.4. The van der Waals surface area contributed by atoms with Gasteiger partial charge in [-0.1, -0.05) is 19.3 Å². The average molecular weight is 482 g/mol. The van der Waals surface area contributed by atoms with Gasteiger partial charge >= 0.3 is 0 Å². The number of amides is 1. The van der Waals surface area contributed by atoms with Gasteiger partial charge in [0.15, 0.2) is 5.96 Å². The van der Waals surface area contributed by atoms with E-state index in [0.29, 0.717) is 4.75 Å². The predicted octanol–water partition coefficient (Wildman–Crippen LogP) is 3.09. The third-order valence-corrected chi connectivity index (χ3v) is 6.62. The lowest BCUT2D eigenvalue weighted by Crippen LogP contribution is -2.45. The Morgan fingerprint density at radius 1 is 1.20 bits per heavy atom. The molecule has 1 saturated carbocycles. The molecule has 1 heterocycles. The lowest BCUT2D eigenvalue weighted by Gasteiger charge is -2.26. The molecule has 0 spiro atoms.